The van der Waals surface area contributed by atoms with E-state index in [1.165, 1.54) is 0 Å². The van der Waals surface area contributed by atoms with E-state index in [2.05, 4.69) is 5.32 Å². The molecule has 5 heteroatoms. The molecule has 1 amide bonds. The second kappa shape index (κ2) is 12.0. The van der Waals surface area contributed by atoms with Gasteiger partial charge in [-0.05, 0) is 30.5 Å². The summed E-state index contributed by atoms with van der Waals surface area (Å²) < 4.78 is 10.6. The van der Waals surface area contributed by atoms with Crippen LogP contribution < -0.4 is 5.32 Å². The molecule has 0 unspecified atom stereocenters. The van der Waals surface area contributed by atoms with Crippen LogP contribution in [0.15, 0.2) is 53.1 Å². The van der Waals surface area contributed by atoms with Gasteiger partial charge >= 0.3 is 0 Å². The fraction of sp³-hybridized carbons (Fsp3) is 0.429. The zero-order valence-corrected chi connectivity index (χ0v) is 15.1. The molecule has 0 aliphatic rings. The van der Waals surface area contributed by atoms with E-state index in [0.29, 0.717) is 32.4 Å². The number of furan rings is 1. The molecule has 0 aliphatic carbocycles. The highest BCUT2D eigenvalue weighted by molar-refractivity contribution is 5.79. The van der Waals surface area contributed by atoms with Crippen molar-refractivity contribution in [1.82, 2.24) is 5.32 Å². The van der Waals surface area contributed by atoms with Crippen LogP contribution in [-0.4, -0.2) is 24.8 Å². The highest BCUT2D eigenvalue weighted by Gasteiger charge is 2.05. The molecule has 0 saturated carbocycles. The number of hydrogen-bond donors (Lipinski definition) is 1. The van der Waals surface area contributed by atoms with Crippen LogP contribution in [0.25, 0.3) is 0 Å². The van der Waals surface area contributed by atoms with Gasteiger partial charge in [0.25, 0.3) is 0 Å². The Morgan fingerprint density at radius 1 is 0.962 bits per heavy atom. The Balaban J connectivity index is 1.41. The number of carbonyl (C=O) groups is 2. The van der Waals surface area contributed by atoms with E-state index < -0.39 is 0 Å². The SMILES string of the molecule is O=C(CCCCCNC(=O)CCc1ccco1)COCc1ccccc1. The number of aryl methyl sites for hydroxylation is 1. The molecule has 140 valence electrons. The highest BCUT2D eigenvalue weighted by Crippen LogP contribution is 2.05. The largest absolute Gasteiger partial charge is 0.469 e. The van der Waals surface area contributed by atoms with Gasteiger partial charge in [-0.15, -0.1) is 0 Å². The minimum Gasteiger partial charge on any atom is -0.469 e. The average molecular weight is 357 g/mol. The van der Waals surface area contributed by atoms with Gasteiger partial charge in [0.05, 0.1) is 12.9 Å². The van der Waals surface area contributed by atoms with E-state index >= 15 is 0 Å². The molecule has 0 aliphatic heterocycles. The van der Waals surface area contributed by atoms with Crippen LogP contribution in [0.5, 0.6) is 0 Å². The fourth-order valence-corrected chi connectivity index (χ4v) is 2.56. The lowest BCUT2D eigenvalue weighted by atomic mass is 10.1. The molecule has 1 aromatic heterocycles. The molecule has 2 aromatic rings. The second-order valence-electron chi connectivity index (χ2n) is 6.26. The number of nitrogens with one attached hydrogen (secondary N) is 1. The van der Waals surface area contributed by atoms with Gasteiger partial charge in [-0.25, -0.2) is 0 Å². The molecule has 0 radical (unpaired) electrons. The molecule has 0 spiro atoms. The van der Waals surface area contributed by atoms with Crippen molar-refractivity contribution < 1.29 is 18.7 Å². The summed E-state index contributed by atoms with van der Waals surface area (Å²) in [6.45, 7) is 1.28. The number of hydrogen-bond acceptors (Lipinski definition) is 4. The lowest BCUT2D eigenvalue weighted by Crippen LogP contribution is -2.24. The van der Waals surface area contributed by atoms with Crippen molar-refractivity contribution >= 4 is 11.7 Å². The van der Waals surface area contributed by atoms with E-state index in [1.54, 1.807) is 6.26 Å². The Bertz CT molecular complexity index is 637. The molecule has 0 bridgehead atoms. The number of ketones is 1. The van der Waals surface area contributed by atoms with Crippen LogP contribution in [0, 0.1) is 0 Å². The predicted molar refractivity (Wildman–Crippen MR) is 99.6 cm³/mol. The molecule has 1 aromatic carbocycles. The minimum atomic E-state index is 0.0341. The van der Waals surface area contributed by atoms with Crippen molar-refractivity contribution in [2.24, 2.45) is 0 Å². The Kier molecular flexibility index (Phi) is 9.22. The van der Waals surface area contributed by atoms with Gasteiger partial charge in [-0.3, -0.25) is 9.59 Å². The van der Waals surface area contributed by atoms with E-state index in [-0.39, 0.29) is 18.3 Å². The lowest BCUT2D eigenvalue weighted by molar-refractivity contribution is -0.124. The third-order valence-corrected chi connectivity index (χ3v) is 4.01. The first-order valence-corrected chi connectivity index (χ1v) is 9.16. The Hall–Kier alpha value is -2.40. The van der Waals surface area contributed by atoms with Crippen molar-refractivity contribution in [3.05, 3.63) is 60.1 Å². The molecule has 0 atom stereocenters. The molecule has 5 nitrogen and oxygen atoms in total. The zero-order chi connectivity index (χ0) is 18.5. The van der Waals surface area contributed by atoms with E-state index in [4.69, 9.17) is 9.15 Å². The van der Waals surface area contributed by atoms with Crippen LogP contribution in [0.2, 0.25) is 0 Å². The topological polar surface area (TPSA) is 68.5 Å². The number of carbonyl (C=O) groups excluding carboxylic acids is 2. The molecule has 26 heavy (non-hydrogen) atoms. The summed E-state index contributed by atoms with van der Waals surface area (Å²) in [5.74, 6) is 0.989. The molecule has 1 heterocycles. The van der Waals surface area contributed by atoms with Crippen LogP contribution in [0.1, 0.15) is 43.4 Å². The number of amides is 1. The van der Waals surface area contributed by atoms with E-state index in [0.717, 1.165) is 30.6 Å². The van der Waals surface area contributed by atoms with Gasteiger partial charge in [0.15, 0.2) is 5.78 Å². The van der Waals surface area contributed by atoms with Gasteiger partial charge in [-0.1, -0.05) is 36.8 Å². The maximum Gasteiger partial charge on any atom is 0.220 e. The van der Waals surface area contributed by atoms with Crippen LogP contribution in [0.3, 0.4) is 0 Å². The zero-order valence-electron chi connectivity index (χ0n) is 15.1. The predicted octanol–water partition coefficient (Wildman–Crippen LogP) is 3.67. The van der Waals surface area contributed by atoms with Crippen molar-refractivity contribution in [1.29, 1.82) is 0 Å². The summed E-state index contributed by atoms with van der Waals surface area (Å²) in [5.41, 5.74) is 1.07. The number of Topliss-reactive ketones (excluding diaryl/α,β-unsaturated/α-hetero) is 1. The monoisotopic (exact) mass is 357 g/mol. The first-order valence-electron chi connectivity index (χ1n) is 9.16. The maximum atomic E-state index is 11.8. The number of benzene rings is 1. The summed E-state index contributed by atoms with van der Waals surface area (Å²) in [4.78, 5) is 23.5. The summed E-state index contributed by atoms with van der Waals surface area (Å²) in [5, 5.41) is 2.90. The number of ether oxygens (including phenoxy) is 1. The number of rotatable bonds is 13. The van der Waals surface area contributed by atoms with Crippen LogP contribution in [-0.2, 0) is 27.4 Å². The van der Waals surface area contributed by atoms with Crippen molar-refractivity contribution in [2.75, 3.05) is 13.2 Å². The molecule has 2 rings (SSSR count). The van der Waals surface area contributed by atoms with E-state index in [9.17, 15) is 9.59 Å². The van der Waals surface area contributed by atoms with Gasteiger partial charge in [0, 0.05) is 25.8 Å². The van der Waals surface area contributed by atoms with Crippen molar-refractivity contribution in [3.8, 4) is 0 Å². The highest BCUT2D eigenvalue weighted by atomic mass is 16.5. The summed E-state index contributed by atoms with van der Waals surface area (Å²) in [6.07, 6.45) is 5.83. The Labute approximate surface area is 154 Å². The first-order chi connectivity index (χ1) is 12.7. The van der Waals surface area contributed by atoms with E-state index in [1.807, 2.05) is 42.5 Å². The molecule has 1 N–H and O–H groups in total. The average Bonchev–Trinajstić information content (AvgIpc) is 3.17. The Morgan fingerprint density at radius 2 is 1.81 bits per heavy atom. The number of unbranched alkanes of at least 4 members (excludes halogenated alkanes) is 2. The van der Waals surface area contributed by atoms with Gasteiger partial charge in [-0.2, -0.15) is 0 Å². The van der Waals surface area contributed by atoms with Crippen molar-refractivity contribution in [2.45, 2.75) is 45.1 Å². The third-order valence-electron chi connectivity index (χ3n) is 4.01. The smallest absolute Gasteiger partial charge is 0.220 e. The molecular weight excluding hydrogens is 330 g/mol. The quantitative estimate of drug-likeness (QED) is 0.555. The maximum absolute atomic E-state index is 11.8. The van der Waals surface area contributed by atoms with Crippen LogP contribution in [0.4, 0.5) is 0 Å². The summed E-state index contributed by atoms with van der Waals surface area (Å²) in [6, 6.07) is 13.5. The first kappa shape index (κ1) is 19.9. The summed E-state index contributed by atoms with van der Waals surface area (Å²) in [7, 11) is 0. The lowest BCUT2D eigenvalue weighted by Gasteiger charge is -2.05. The summed E-state index contributed by atoms with van der Waals surface area (Å²) >= 11 is 0. The van der Waals surface area contributed by atoms with Gasteiger partial charge < -0.3 is 14.5 Å². The molecule has 0 fully saturated rings. The second-order valence-corrected chi connectivity index (χ2v) is 6.26. The third kappa shape index (κ3) is 8.62. The fourth-order valence-electron chi connectivity index (χ4n) is 2.56. The minimum absolute atomic E-state index is 0.0341. The standard InChI is InChI=1S/C21H27NO4/c23-19(17-25-16-18-8-3-1-4-9-18)10-5-2-6-14-22-21(24)13-12-20-11-7-15-26-20/h1,3-4,7-9,11,15H,2,5-6,10,12-14,16-17H2,(H,22,24). The molecule has 0 saturated heterocycles. The van der Waals surface area contributed by atoms with Gasteiger partial charge in [0.1, 0.15) is 12.4 Å². The molecular formula is C21H27NO4. The Morgan fingerprint density at radius 3 is 2.58 bits per heavy atom. The van der Waals surface area contributed by atoms with Crippen molar-refractivity contribution in [3.63, 3.8) is 0 Å². The van der Waals surface area contributed by atoms with Crippen LogP contribution >= 0.6 is 0 Å². The van der Waals surface area contributed by atoms with Gasteiger partial charge in [0.2, 0.25) is 5.91 Å². The normalized spacial score (nSPS) is 10.6.